The van der Waals surface area contributed by atoms with E-state index < -0.39 is 28.3 Å². The van der Waals surface area contributed by atoms with Gasteiger partial charge in [-0.1, -0.05) is 11.8 Å². The molecule has 2 heterocycles. The van der Waals surface area contributed by atoms with Crippen LogP contribution >= 0.6 is 23.1 Å². The van der Waals surface area contributed by atoms with Crippen molar-refractivity contribution < 1.29 is 23.9 Å². The van der Waals surface area contributed by atoms with Crippen LogP contribution in [0.4, 0.5) is 9.80 Å². The highest BCUT2D eigenvalue weighted by Crippen LogP contribution is 2.39. The fraction of sp³-hybridized carbons (Fsp3) is 0.467. The standard InChI is InChI=1S/C15H16N2O5S2/c1-2-22-14(20)11-7-4-3-5-8(7)23-13(11)16-10(18)6-9-12(19)17-15(21)24-9/h9H,2-6H2,1H3,(H,16,18)(H,17,19,21). The second-order valence-corrected chi connectivity index (χ2v) is 7.70. The molecule has 1 aliphatic heterocycles. The number of hydrogen-bond acceptors (Lipinski definition) is 7. The van der Waals surface area contributed by atoms with Crippen molar-refractivity contribution in [1.29, 1.82) is 0 Å². The largest absolute Gasteiger partial charge is 0.462 e. The summed E-state index contributed by atoms with van der Waals surface area (Å²) in [6, 6.07) is 0. The van der Waals surface area contributed by atoms with Crippen molar-refractivity contribution in [2.75, 3.05) is 11.9 Å². The molecule has 0 spiro atoms. The summed E-state index contributed by atoms with van der Waals surface area (Å²) in [5, 5.41) is 4.16. The first-order valence-corrected chi connectivity index (χ1v) is 9.32. The molecule has 1 aromatic rings. The van der Waals surface area contributed by atoms with E-state index in [9.17, 15) is 19.2 Å². The van der Waals surface area contributed by atoms with Gasteiger partial charge in [-0.25, -0.2) is 4.79 Å². The molecule has 0 saturated carbocycles. The molecule has 0 radical (unpaired) electrons. The lowest BCUT2D eigenvalue weighted by molar-refractivity contribution is -0.122. The van der Waals surface area contributed by atoms with E-state index in [0.29, 0.717) is 10.6 Å². The smallest absolute Gasteiger partial charge is 0.341 e. The van der Waals surface area contributed by atoms with Crippen LogP contribution in [0.5, 0.6) is 0 Å². The molecule has 1 aromatic heterocycles. The Morgan fingerprint density at radius 3 is 2.79 bits per heavy atom. The van der Waals surface area contributed by atoms with Crippen molar-refractivity contribution in [2.24, 2.45) is 0 Å². The van der Waals surface area contributed by atoms with Crippen LogP contribution in [0.25, 0.3) is 0 Å². The Bertz CT molecular complexity index is 728. The van der Waals surface area contributed by atoms with E-state index in [1.165, 1.54) is 11.3 Å². The summed E-state index contributed by atoms with van der Waals surface area (Å²) in [6.45, 7) is 1.99. The molecule has 24 heavy (non-hydrogen) atoms. The molecule has 1 unspecified atom stereocenters. The number of thiophene rings is 1. The molecule has 3 rings (SSSR count). The number of ether oxygens (including phenoxy) is 1. The van der Waals surface area contributed by atoms with Crippen LogP contribution < -0.4 is 10.6 Å². The van der Waals surface area contributed by atoms with E-state index >= 15 is 0 Å². The van der Waals surface area contributed by atoms with Crippen molar-refractivity contribution in [3.8, 4) is 0 Å². The predicted octanol–water partition coefficient (Wildman–Crippen LogP) is 2.09. The molecule has 9 heteroatoms. The van der Waals surface area contributed by atoms with E-state index in [4.69, 9.17) is 4.74 Å². The molecule has 128 valence electrons. The number of imide groups is 1. The molecule has 7 nitrogen and oxygen atoms in total. The van der Waals surface area contributed by atoms with Crippen LogP contribution in [0.1, 0.15) is 40.6 Å². The number of carbonyl (C=O) groups excluding carboxylic acids is 4. The van der Waals surface area contributed by atoms with Crippen LogP contribution in [-0.4, -0.2) is 34.9 Å². The van der Waals surface area contributed by atoms with Crippen molar-refractivity contribution in [3.05, 3.63) is 16.0 Å². The Labute approximate surface area is 146 Å². The number of hydrogen-bond donors (Lipinski definition) is 2. The SMILES string of the molecule is CCOC(=O)c1c(NC(=O)CC2SC(=O)NC2=O)sc2c1CCC2. The summed E-state index contributed by atoms with van der Waals surface area (Å²) < 4.78 is 5.10. The normalized spacial score (nSPS) is 19.1. The third-order valence-corrected chi connectivity index (χ3v) is 5.98. The molecule has 3 amide bonds. The van der Waals surface area contributed by atoms with Crippen molar-refractivity contribution in [3.63, 3.8) is 0 Å². The number of nitrogens with one attached hydrogen (secondary N) is 2. The summed E-state index contributed by atoms with van der Waals surface area (Å²) in [5.74, 6) is -1.29. The minimum atomic E-state index is -0.727. The molecule has 1 aliphatic carbocycles. The number of aryl methyl sites for hydroxylation is 1. The molecule has 1 atom stereocenters. The Hall–Kier alpha value is -1.87. The lowest BCUT2D eigenvalue weighted by Crippen LogP contribution is -2.27. The maximum atomic E-state index is 12.2. The average Bonchev–Trinajstić information content (AvgIpc) is 3.14. The average molecular weight is 368 g/mol. The Morgan fingerprint density at radius 2 is 2.12 bits per heavy atom. The third kappa shape index (κ3) is 3.32. The van der Waals surface area contributed by atoms with Gasteiger partial charge in [-0.2, -0.15) is 0 Å². The molecule has 2 aliphatic rings. The van der Waals surface area contributed by atoms with Crippen molar-refractivity contribution in [1.82, 2.24) is 5.32 Å². The highest BCUT2D eigenvalue weighted by molar-refractivity contribution is 8.15. The fourth-order valence-electron chi connectivity index (χ4n) is 2.79. The van der Waals surface area contributed by atoms with Crippen LogP contribution in [0.15, 0.2) is 0 Å². The molecule has 1 fully saturated rings. The zero-order valence-corrected chi connectivity index (χ0v) is 14.6. The summed E-state index contributed by atoms with van der Waals surface area (Å²) >= 11 is 2.19. The number of anilines is 1. The van der Waals surface area contributed by atoms with E-state index in [0.717, 1.165) is 41.5 Å². The summed E-state index contributed by atoms with van der Waals surface area (Å²) in [4.78, 5) is 48.2. The van der Waals surface area contributed by atoms with Gasteiger partial charge < -0.3 is 10.1 Å². The summed E-state index contributed by atoms with van der Waals surface area (Å²) in [7, 11) is 0. The van der Waals surface area contributed by atoms with Crippen LogP contribution in [0, 0.1) is 0 Å². The molecular weight excluding hydrogens is 352 g/mol. The first-order valence-electron chi connectivity index (χ1n) is 7.62. The highest BCUT2D eigenvalue weighted by atomic mass is 32.2. The molecule has 0 bridgehead atoms. The van der Waals surface area contributed by atoms with Gasteiger partial charge >= 0.3 is 5.97 Å². The second kappa shape index (κ2) is 6.94. The number of carbonyl (C=O) groups is 4. The van der Waals surface area contributed by atoms with Gasteiger partial charge in [-0.05, 0) is 31.7 Å². The number of fused-ring (bicyclic) bond motifs is 1. The van der Waals surface area contributed by atoms with Crippen molar-refractivity contribution >= 4 is 51.1 Å². The zero-order valence-electron chi connectivity index (χ0n) is 13.0. The van der Waals surface area contributed by atoms with Gasteiger partial charge in [-0.15, -0.1) is 11.3 Å². The van der Waals surface area contributed by atoms with Gasteiger partial charge in [0.2, 0.25) is 11.8 Å². The first-order chi connectivity index (χ1) is 11.5. The topological polar surface area (TPSA) is 102 Å². The molecule has 0 aromatic carbocycles. The Balaban J connectivity index is 1.75. The maximum Gasteiger partial charge on any atom is 0.341 e. The Kier molecular flexibility index (Phi) is 4.91. The van der Waals surface area contributed by atoms with Crippen LogP contribution in [0.2, 0.25) is 0 Å². The van der Waals surface area contributed by atoms with Gasteiger partial charge in [0, 0.05) is 11.3 Å². The number of amides is 3. The van der Waals surface area contributed by atoms with Gasteiger partial charge in [0.05, 0.1) is 12.2 Å². The van der Waals surface area contributed by atoms with E-state index in [1.54, 1.807) is 6.92 Å². The Morgan fingerprint density at radius 1 is 1.33 bits per heavy atom. The first kappa shape index (κ1) is 17.0. The summed E-state index contributed by atoms with van der Waals surface area (Å²) in [5.41, 5.74) is 1.39. The quantitative estimate of drug-likeness (QED) is 0.772. The van der Waals surface area contributed by atoms with Gasteiger partial charge in [0.15, 0.2) is 0 Å². The molecular formula is C15H16N2O5S2. The number of thioether (sulfide) groups is 1. The lowest BCUT2D eigenvalue weighted by atomic mass is 10.1. The summed E-state index contributed by atoms with van der Waals surface area (Å²) in [6.07, 6.45) is 2.55. The van der Waals surface area contributed by atoms with E-state index in [2.05, 4.69) is 10.6 Å². The number of rotatable bonds is 5. The van der Waals surface area contributed by atoms with Gasteiger partial charge in [-0.3, -0.25) is 19.7 Å². The minimum Gasteiger partial charge on any atom is -0.462 e. The lowest BCUT2D eigenvalue weighted by Gasteiger charge is -2.09. The van der Waals surface area contributed by atoms with Crippen LogP contribution in [0.3, 0.4) is 0 Å². The number of esters is 1. The van der Waals surface area contributed by atoms with Crippen molar-refractivity contribution in [2.45, 2.75) is 37.9 Å². The highest BCUT2D eigenvalue weighted by Gasteiger charge is 2.34. The minimum absolute atomic E-state index is 0.118. The molecule has 2 N–H and O–H groups in total. The maximum absolute atomic E-state index is 12.2. The fourth-order valence-corrected chi connectivity index (χ4v) is 4.90. The van der Waals surface area contributed by atoms with E-state index in [1.807, 2.05) is 0 Å². The van der Waals surface area contributed by atoms with Gasteiger partial charge in [0.1, 0.15) is 10.3 Å². The zero-order chi connectivity index (χ0) is 17.3. The third-order valence-electron chi connectivity index (χ3n) is 3.79. The molecule has 1 saturated heterocycles. The predicted molar refractivity (Wildman–Crippen MR) is 90.5 cm³/mol. The van der Waals surface area contributed by atoms with Gasteiger partial charge in [0.25, 0.3) is 5.24 Å². The monoisotopic (exact) mass is 368 g/mol. The van der Waals surface area contributed by atoms with Crippen LogP contribution in [-0.2, 0) is 27.2 Å². The second-order valence-electron chi connectivity index (χ2n) is 5.42. The van der Waals surface area contributed by atoms with E-state index in [-0.39, 0.29) is 13.0 Å².